The van der Waals surface area contributed by atoms with Crippen molar-refractivity contribution in [3.63, 3.8) is 0 Å². The van der Waals surface area contributed by atoms with Gasteiger partial charge in [0.1, 0.15) is 0 Å². The number of halogens is 3. The molecule has 0 unspecified atom stereocenters. The van der Waals surface area contributed by atoms with E-state index in [2.05, 4.69) is 5.32 Å². The van der Waals surface area contributed by atoms with Gasteiger partial charge in [0, 0.05) is 13.1 Å². The highest BCUT2D eigenvalue weighted by Crippen LogP contribution is 2.38. The maximum Gasteiger partial charge on any atom is 0.394 e. The number of nitrogens with one attached hydrogen (secondary N) is 1. The Hall–Kier alpha value is -2.29. The first-order valence-electron chi connectivity index (χ1n) is 7.09. The molecule has 1 fully saturated rings. The number of likely N-dealkylation sites (tertiary alicyclic amines) is 1. The van der Waals surface area contributed by atoms with Gasteiger partial charge in [-0.15, -0.1) is 11.3 Å². The molecule has 9 heteroatoms. The number of hydrogen-bond acceptors (Lipinski definition) is 3. The molecular formula is C15H13F3N2O3S. The number of anilines is 1. The number of rotatable bonds is 2. The fourth-order valence-electron chi connectivity index (χ4n) is 2.84. The quantitative estimate of drug-likeness (QED) is 0.861. The summed E-state index contributed by atoms with van der Waals surface area (Å²) in [6, 6.07) is 6.38. The summed E-state index contributed by atoms with van der Waals surface area (Å²) in [6.07, 6.45) is -4.66. The zero-order valence-corrected chi connectivity index (χ0v) is 13.0. The second-order valence-electron chi connectivity index (χ2n) is 5.57. The number of fused-ring (bicyclic) bond motifs is 1. The van der Waals surface area contributed by atoms with Crippen LogP contribution in [0.1, 0.15) is 0 Å². The monoisotopic (exact) mass is 358 g/mol. The van der Waals surface area contributed by atoms with E-state index in [0.29, 0.717) is 5.69 Å². The molecular weight excluding hydrogens is 345 g/mol. The summed E-state index contributed by atoms with van der Waals surface area (Å²) in [5.74, 6) is -5.25. The third-order valence-corrected chi connectivity index (χ3v) is 5.03. The van der Waals surface area contributed by atoms with Crippen molar-refractivity contribution in [2.24, 2.45) is 11.8 Å². The molecule has 5 nitrogen and oxygen atoms in total. The summed E-state index contributed by atoms with van der Waals surface area (Å²) >= 11 is 1.40. The highest BCUT2D eigenvalue weighted by atomic mass is 32.1. The van der Waals surface area contributed by atoms with Crippen LogP contribution in [-0.4, -0.2) is 41.3 Å². The van der Waals surface area contributed by atoms with Gasteiger partial charge in [-0.1, -0.05) is 12.1 Å². The minimum Gasteiger partial charge on any atom is -0.481 e. The predicted octanol–water partition coefficient (Wildman–Crippen LogP) is 3.63. The highest BCUT2D eigenvalue weighted by molar-refractivity contribution is 7.17. The van der Waals surface area contributed by atoms with Gasteiger partial charge in [0.15, 0.2) is 0 Å². The zero-order valence-electron chi connectivity index (χ0n) is 12.2. The van der Waals surface area contributed by atoms with Crippen LogP contribution in [0.3, 0.4) is 0 Å². The van der Waals surface area contributed by atoms with E-state index < -0.39 is 43.1 Å². The number of benzene rings is 1. The van der Waals surface area contributed by atoms with Crippen LogP contribution in [0.2, 0.25) is 0 Å². The Morgan fingerprint density at radius 1 is 1.25 bits per heavy atom. The van der Waals surface area contributed by atoms with Gasteiger partial charge >= 0.3 is 18.2 Å². The van der Waals surface area contributed by atoms with Crippen molar-refractivity contribution >= 4 is 39.1 Å². The van der Waals surface area contributed by atoms with Crippen LogP contribution in [-0.2, 0) is 4.79 Å². The summed E-state index contributed by atoms with van der Waals surface area (Å²) in [4.78, 5) is 24.3. The number of carbonyl (C=O) groups excluding carboxylic acids is 1. The molecule has 0 bridgehead atoms. The topological polar surface area (TPSA) is 69.6 Å². The smallest absolute Gasteiger partial charge is 0.394 e. The van der Waals surface area contributed by atoms with Gasteiger partial charge in [-0.3, -0.25) is 4.79 Å². The Labute approximate surface area is 138 Å². The third kappa shape index (κ3) is 3.03. The molecule has 2 N–H and O–H groups in total. The summed E-state index contributed by atoms with van der Waals surface area (Å²) < 4.78 is 39.8. The van der Waals surface area contributed by atoms with E-state index in [1.165, 1.54) is 11.3 Å². The minimum atomic E-state index is -4.66. The summed E-state index contributed by atoms with van der Waals surface area (Å²) in [6.45, 7) is -1.13. The molecule has 2 amide bonds. The summed E-state index contributed by atoms with van der Waals surface area (Å²) in [5.41, 5.74) is 0.495. The first kappa shape index (κ1) is 16.6. The lowest BCUT2D eigenvalue weighted by Gasteiger charge is -2.19. The molecule has 3 rings (SSSR count). The lowest BCUT2D eigenvalue weighted by molar-refractivity contribution is -0.187. The van der Waals surface area contributed by atoms with E-state index in [9.17, 15) is 22.8 Å². The fraction of sp³-hybridized carbons (Fsp3) is 0.333. The van der Waals surface area contributed by atoms with E-state index in [0.717, 1.165) is 15.0 Å². The Kier molecular flexibility index (Phi) is 4.12. The molecule has 128 valence electrons. The number of thiophene rings is 1. The van der Waals surface area contributed by atoms with Gasteiger partial charge in [0.2, 0.25) is 0 Å². The van der Waals surface area contributed by atoms with Crippen molar-refractivity contribution in [1.82, 2.24) is 4.90 Å². The molecule has 0 radical (unpaired) electrons. The maximum atomic E-state index is 13.0. The molecule has 0 aliphatic carbocycles. The van der Waals surface area contributed by atoms with Crippen LogP contribution in [0, 0.1) is 11.8 Å². The number of hydrogen-bond donors (Lipinski definition) is 2. The number of alkyl halides is 3. The predicted molar refractivity (Wildman–Crippen MR) is 83.1 cm³/mol. The van der Waals surface area contributed by atoms with Gasteiger partial charge in [0.25, 0.3) is 0 Å². The van der Waals surface area contributed by atoms with Gasteiger partial charge in [-0.25, -0.2) is 4.79 Å². The van der Waals surface area contributed by atoms with Crippen molar-refractivity contribution in [3.05, 3.63) is 29.6 Å². The Bertz CT molecular complexity index is 790. The molecule has 2 atom stereocenters. The standard InChI is InChI=1S/C15H13F3N2O3S/c16-15(17,18)10-7-20(6-9(10)13(21)22)14(23)19-11-3-1-2-8-4-5-24-12(8)11/h1-5,9-10H,6-7H2,(H,19,23)(H,21,22)/t9-,10-/m1/s1. The molecule has 1 aliphatic heterocycles. The van der Waals surface area contributed by atoms with Crippen molar-refractivity contribution < 1.29 is 27.9 Å². The number of aliphatic carboxylic acids is 1. The molecule has 24 heavy (non-hydrogen) atoms. The number of carboxylic acid groups (broad SMARTS) is 1. The van der Waals surface area contributed by atoms with E-state index in [-0.39, 0.29) is 0 Å². The summed E-state index contributed by atoms with van der Waals surface area (Å²) in [5, 5.41) is 14.3. The first-order valence-corrected chi connectivity index (χ1v) is 7.97. The third-order valence-electron chi connectivity index (χ3n) is 4.07. The lowest BCUT2D eigenvalue weighted by Crippen LogP contribution is -2.35. The van der Waals surface area contributed by atoms with Crippen molar-refractivity contribution in [3.8, 4) is 0 Å². The molecule has 0 saturated carbocycles. The highest BCUT2D eigenvalue weighted by Gasteiger charge is 2.53. The number of urea groups is 1. The normalized spacial score (nSPS) is 21.2. The van der Waals surface area contributed by atoms with Crippen molar-refractivity contribution in [2.45, 2.75) is 6.18 Å². The average Bonchev–Trinajstić information content (AvgIpc) is 3.14. The van der Waals surface area contributed by atoms with Crippen LogP contribution < -0.4 is 5.32 Å². The fourth-order valence-corrected chi connectivity index (χ4v) is 3.71. The van der Waals surface area contributed by atoms with E-state index in [4.69, 9.17) is 5.11 Å². The number of amides is 2. The van der Waals surface area contributed by atoms with Crippen LogP contribution in [0.25, 0.3) is 10.1 Å². The van der Waals surface area contributed by atoms with Gasteiger partial charge in [0.05, 0.1) is 22.2 Å². The maximum absolute atomic E-state index is 13.0. The van der Waals surface area contributed by atoms with E-state index in [1.807, 2.05) is 17.5 Å². The molecule has 0 spiro atoms. The Morgan fingerprint density at radius 3 is 2.62 bits per heavy atom. The second-order valence-corrected chi connectivity index (χ2v) is 6.49. The first-order chi connectivity index (χ1) is 11.3. The van der Waals surface area contributed by atoms with Gasteiger partial charge in [-0.2, -0.15) is 13.2 Å². The lowest BCUT2D eigenvalue weighted by atomic mass is 9.96. The summed E-state index contributed by atoms with van der Waals surface area (Å²) in [7, 11) is 0. The van der Waals surface area contributed by atoms with Crippen LogP contribution in [0.15, 0.2) is 29.6 Å². The largest absolute Gasteiger partial charge is 0.481 e. The van der Waals surface area contributed by atoms with Crippen LogP contribution in [0.4, 0.5) is 23.7 Å². The van der Waals surface area contributed by atoms with E-state index >= 15 is 0 Å². The Morgan fingerprint density at radius 2 is 2.00 bits per heavy atom. The van der Waals surface area contributed by atoms with E-state index in [1.54, 1.807) is 12.1 Å². The second kappa shape index (κ2) is 5.97. The SMILES string of the molecule is O=C(O)[C@@H]1CN(C(=O)Nc2cccc3ccsc23)C[C@H]1C(F)(F)F. The molecule has 2 aromatic rings. The molecule has 2 heterocycles. The molecule has 1 saturated heterocycles. The van der Waals surface area contributed by atoms with Crippen molar-refractivity contribution in [1.29, 1.82) is 0 Å². The molecule has 1 aromatic carbocycles. The Balaban J connectivity index is 1.78. The molecule has 1 aromatic heterocycles. The number of carboxylic acids is 1. The zero-order chi connectivity index (χ0) is 17.5. The van der Waals surface area contributed by atoms with Crippen LogP contribution in [0.5, 0.6) is 0 Å². The number of nitrogens with zero attached hydrogens (tertiary/aromatic N) is 1. The van der Waals surface area contributed by atoms with Crippen LogP contribution >= 0.6 is 11.3 Å². The van der Waals surface area contributed by atoms with Gasteiger partial charge < -0.3 is 15.3 Å². The molecule has 1 aliphatic rings. The average molecular weight is 358 g/mol. The number of carbonyl (C=O) groups is 2. The minimum absolute atomic E-state index is 0.467. The van der Waals surface area contributed by atoms with Gasteiger partial charge in [-0.05, 0) is 22.9 Å². The van der Waals surface area contributed by atoms with Crippen molar-refractivity contribution in [2.75, 3.05) is 18.4 Å².